The van der Waals surface area contributed by atoms with E-state index < -0.39 is 0 Å². The number of halogens is 1. The topological polar surface area (TPSA) is 31.4 Å². The lowest BCUT2D eigenvalue weighted by atomic mass is 10.2. The maximum absolute atomic E-state index is 5.87. The Labute approximate surface area is 111 Å². The molecule has 0 aliphatic carbocycles. The molecule has 2 aromatic rings. The zero-order chi connectivity index (χ0) is 12.8. The third-order valence-electron chi connectivity index (χ3n) is 2.42. The van der Waals surface area contributed by atoms with Gasteiger partial charge in [0.2, 0.25) is 0 Å². The van der Waals surface area contributed by atoms with E-state index in [1.54, 1.807) is 18.3 Å². The van der Waals surface area contributed by atoms with Crippen molar-refractivity contribution in [1.82, 2.24) is 4.98 Å². The zero-order valence-corrected chi connectivity index (χ0v) is 10.9. The van der Waals surface area contributed by atoms with Gasteiger partial charge in [0.05, 0.1) is 0 Å². The molecule has 0 saturated carbocycles. The third-order valence-corrected chi connectivity index (χ3v) is 2.70. The van der Waals surface area contributed by atoms with Gasteiger partial charge in [0, 0.05) is 6.20 Å². The number of para-hydroxylation sites is 1. The molecule has 0 aliphatic rings. The van der Waals surface area contributed by atoms with E-state index in [1.807, 2.05) is 31.2 Å². The van der Waals surface area contributed by atoms with E-state index in [4.69, 9.17) is 21.1 Å². The molecule has 0 saturated heterocycles. The Balaban J connectivity index is 1.80. The van der Waals surface area contributed by atoms with Gasteiger partial charge in [-0.25, -0.2) is 4.98 Å². The third kappa shape index (κ3) is 3.37. The Bertz CT molecular complexity index is 469. The Hall–Kier alpha value is -1.74. The first-order chi connectivity index (χ1) is 8.77. The molecule has 0 amide bonds. The maximum Gasteiger partial charge on any atom is 0.171 e. The van der Waals surface area contributed by atoms with Crippen LogP contribution in [-0.4, -0.2) is 18.2 Å². The minimum atomic E-state index is 0.369. The van der Waals surface area contributed by atoms with Gasteiger partial charge in [-0.05, 0) is 30.7 Å². The lowest BCUT2D eigenvalue weighted by Gasteiger charge is -2.10. The number of benzene rings is 1. The summed E-state index contributed by atoms with van der Waals surface area (Å²) in [6.07, 6.45) is 1.62. The summed E-state index contributed by atoms with van der Waals surface area (Å²) in [5.41, 5.74) is 1.11. The van der Waals surface area contributed by atoms with Crippen molar-refractivity contribution in [2.45, 2.75) is 6.92 Å². The molecule has 0 N–H and O–H groups in total. The van der Waals surface area contributed by atoms with E-state index in [2.05, 4.69) is 4.98 Å². The van der Waals surface area contributed by atoms with Gasteiger partial charge in [-0.15, -0.1) is 0 Å². The highest BCUT2D eigenvalue weighted by molar-refractivity contribution is 6.30. The van der Waals surface area contributed by atoms with Crippen molar-refractivity contribution >= 4 is 11.6 Å². The second-order valence-corrected chi connectivity index (χ2v) is 4.11. The van der Waals surface area contributed by atoms with Crippen LogP contribution >= 0.6 is 11.6 Å². The molecule has 2 rings (SSSR count). The van der Waals surface area contributed by atoms with Crippen molar-refractivity contribution < 1.29 is 9.47 Å². The highest BCUT2D eigenvalue weighted by Crippen LogP contribution is 2.20. The van der Waals surface area contributed by atoms with Crippen molar-refractivity contribution in [2.75, 3.05) is 13.2 Å². The Morgan fingerprint density at radius 1 is 1.00 bits per heavy atom. The van der Waals surface area contributed by atoms with Crippen molar-refractivity contribution in [3.05, 3.63) is 53.3 Å². The number of pyridine rings is 1. The Morgan fingerprint density at radius 2 is 1.67 bits per heavy atom. The van der Waals surface area contributed by atoms with Crippen LogP contribution in [0.5, 0.6) is 11.5 Å². The fourth-order valence-corrected chi connectivity index (χ4v) is 1.67. The van der Waals surface area contributed by atoms with Crippen molar-refractivity contribution in [1.29, 1.82) is 0 Å². The molecule has 0 spiro atoms. The first-order valence-corrected chi connectivity index (χ1v) is 6.07. The lowest BCUT2D eigenvalue weighted by molar-refractivity contribution is 0.216. The van der Waals surface area contributed by atoms with E-state index in [0.29, 0.717) is 24.1 Å². The average molecular weight is 264 g/mol. The van der Waals surface area contributed by atoms with Crippen molar-refractivity contribution in [3.63, 3.8) is 0 Å². The number of ether oxygens (including phenoxy) is 2. The minimum absolute atomic E-state index is 0.369. The molecule has 0 radical (unpaired) electrons. The standard InChI is InChI=1S/C14H14ClNO2/c1-11-5-2-3-6-12(11)17-9-10-18-13-7-4-8-16-14(13)15/h2-8H,9-10H2,1H3. The number of hydrogen-bond donors (Lipinski definition) is 0. The smallest absolute Gasteiger partial charge is 0.171 e. The Kier molecular flexibility index (Phi) is 4.42. The number of aromatic nitrogens is 1. The summed E-state index contributed by atoms with van der Waals surface area (Å²) in [4.78, 5) is 3.93. The molecule has 0 fully saturated rings. The number of aryl methyl sites for hydroxylation is 1. The Morgan fingerprint density at radius 3 is 2.39 bits per heavy atom. The zero-order valence-electron chi connectivity index (χ0n) is 10.1. The number of rotatable bonds is 5. The predicted molar refractivity (Wildman–Crippen MR) is 71.4 cm³/mol. The normalized spacial score (nSPS) is 10.1. The lowest BCUT2D eigenvalue weighted by Crippen LogP contribution is -2.09. The van der Waals surface area contributed by atoms with Crippen LogP contribution in [0.1, 0.15) is 5.56 Å². The summed E-state index contributed by atoms with van der Waals surface area (Å²) >= 11 is 5.87. The van der Waals surface area contributed by atoms with Gasteiger partial charge in [-0.2, -0.15) is 0 Å². The van der Waals surface area contributed by atoms with E-state index in [9.17, 15) is 0 Å². The van der Waals surface area contributed by atoms with Crippen LogP contribution < -0.4 is 9.47 Å². The summed E-state index contributed by atoms with van der Waals surface area (Å²) in [5.74, 6) is 1.45. The van der Waals surface area contributed by atoms with E-state index >= 15 is 0 Å². The fourth-order valence-electron chi connectivity index (χ4n) is 1.50. The van der Waals surface area contributed by atoms with Gasteiger partial charge in [0.15, 0.2) is 10.9 Å². The highest BCUT2D eigenvalue weighted by atomic mass is 35.5. The van der Waals surface area contributed by atoms with Crippen LogP contribution in [0.2, 0.25) is 5.15 Å². The molecule has 0 unspecified atom stereocenters. The quantitative estimate of drug-likeness (QED) is 0.611. The van der Waals surface area contributed by atoms with Crippen LogP contribution in [0, 0.1) is 6.92 Å². The van der Waals surface area contributed by atoms with Crippen LogP contribution in [0.3, 0.4) is 0 Å². The molecule has 94 valence electrons. The number of nitrogens with zero attached hydrogens (tertiary/aromatic N) is 1. The fraction of sp³-hybridized carbons (Fsp3) is 0.214. The van der Waals surface area contributed by atoms with Gasteiger partial charge >= 0.3 is 0 Å². The molecular weight excluding hydrogens is 250 g/mol. The molecule has 4 heteroatoms. The van der Waals surface area contributed by atoms with Crippen LogP contribution in [-0.2, 0) is 0 Å². The summed E-state index contributed by atoms with van der Waals surface area (Å²) in [5, 5.41) is 0.369. The molecule has 0 atom stereocenters. The SMILES string of the molecule is Cc1ccccc1OCCOc1cccnc1Cl. The van der Waals surface area contributed by atoms with Crippen LogP contribution in [0.15, 0.2) is 42.6 Å². The molecule has 1 heterocycles. The average Bonchev–Trinajstić information content (AvgIpc) is 2.38. The summed E-state index contributed by atoms with van der Waals surface area (Å²) < 4.78 is 11.1. The van der Waals surface area contributed by atoms with Gasteiger partial charge in [-0.3, -0.25) is 0 Å². The van der Waals surface area contributed by atoms with E-state index in [-0.39, 0.29) is 0 Å². The minimum Gasteiger partial charge on any atom is -0.490 e. The number of hydrogen-bond acceptors (Lipinski definition) is 3. The molecular formula is C14H14ClNO2. The van der Waals surface area contributed by atoms with Gasteiger partial charge < -0.3 is 9.47 Å². The summed E-state index contributed by atoms with van der Waals surface area (Å²) in [6.45, 7) is 2.91. The van der Waals surface area contributed by atoms with Gasteiger partial charge in [0.1, 0.15) is 19.0 Å². The molecule has 1 aromatic heterocycles. The second kappa shape index (κ2) is 6.26. The second-order valence-electron chi connectivity index (χ2n) is 3.75. The summed E-state index contributed by atoms with van der Waals surface area (Å²) in [6, 6.07) is 11.4. The first-order valence-electron chi connectivity index (χ1n) is 5.69. The van der Waals surface area contributed by atoms with E-state index in [0.717, 1.165) is 11.3 Å². The van der Waals surface area contributed by atoms with Crippen molar-refractivity contribution in [3.8, 4) is 11.5 Å². The highest BCUT2D eigenvalue weighted by Gasteiger charge is 2.01. The molecule has 18 heavy (non-hydrogen) atoms. The van der Waals surface area contributed by atoms with Crippen LogP contribution in [0.25, 0.3) is 0 Å². The van der Waals surface area contributed by atoms with Crippen molar-refractivity contribution in [2.24, 2.45) is 0 Å². The predicted octanol–water partition coefficient (Wildman–Crippen LogP) is 3.50. The van der Waals surface area contributed by atoms with Gasteiger partial charge in [0.25, 0.3) is 0 Å². The van der Waals surface area contributed by atoms with Gasteiger partial charge in [-0.1, -0.05) is 29.8 Å². The molecule has 0 aliphatic heterocycles. The molecule has 3 nitrogen and oxygen atoms in total. The molecule has 0 bridgehead atoms. The largest absolute Gasteiger partial charge is 0.490 e. The van der Waals surface area contributed by atoms with Crippen LogP contribution in [0.4, 0.5) is 0 Å². The maximum atomic E-state index is 5.87. The first kappa shape index (κ1) is 12.7. The monoisotopic (exact) mass is 263 g/mol. The molecule has 1 aromatic carbocycles. The summed E-state index contributed by atoms with van der Waals surface area (Å²) in [7, 11) is 0. The van der Waals surface area contributed by atoms with E-state index in [1.165, 1.54) is 0 Å².